The zero-order valence-corrected chi connectivity index (χ0v) is 12.1. The van der Waals surface area contributed by atoms with Gasteiger partial charge in [0.2, 0.25) is 0 Å². The van der Waals surface area contributed by atoms with Crippen molar-refractivity contribution in [3.63, 3.8) is 0 Å². The van der Waals surface area contributed by atoms with Gasteiger partial charge in [0.15, 0.2) is 0 Å². The highest BCUT2D eigenvalue weighted by Gasteiger charge is 2.33. The van der Waals surface area contributed by atoms with Crippen molar-refractivity contribution in [2.75, 3.05) is 4.90 Å². The number of nitrogens with zero attached hydrogens (tertiary/aromatic N) is 2. The third-order valence-electron chi connectivity index (χ3n) is 2.35. The normalized spacial score (nSPS) is 11.4. The first kappa shape index (κ1) is 16.8. The number of imide groups is 1. The molecule has 1 heterocycles. The quantitative estimate of drug-likeness (QED) is 0.900. The molecule has 0 aliphatic heterocycles. The summed E-state index contributed by atoms with van der Waals surface area (Å²) in [5, 5.41) is 9.18. The van der Waals surface area contributed by atoms with Gasteiger partial charge in [-0.15, -0.1) is 0 Å². The maximum atomic E-state index is 13.0. The van der Waals surface area contributed by atoms with Gasteiger partial charge in [-0.2, -0.15) is 4.90 Å². The Morgan fingerprint density at radius 3 is 2.38 bits per heavy atom. The number of halogens is 2. The summed E-state index contributed by atoms with van der Waals surface area (Å²) in [6.07, 6.45) is -4.88. The number of hydrogen-bond acceptors (Lipinski definition) is 4. The maximum Gasteiger partial charge on any atom is 0.424 e. The molecule has 0 spiro atoms. The Morgan fingerprint density at radius 1 is 1.38 bits per heavy atom. The van der Waals surface area contributed by atoms with E-state index in [0.717, 1.165) is 6.20 Å². The summed E-state index contributed by atoms with van der Waals surface area (Å²) < 4.78 is 30.9. The smallest absolute Gasteiger partial charge is 0.424 e. The van der Waals surface area contributed by atoms with Crippen LogP contribution in [0.2, 0.25) is 0 Å². The molecule has 1 aromatic rings. The molecule has 0 radical (unpaired) electrons. The first-order valence-electron chi connectivity index (χ1n) is 6.04. The van der Waals surface area contributed by atoms with Crippen molar-refractivity contribution in [1.82, 2.24) is 4.98 Å². The topological polar surface area (TPSA) is 79.7 Å². The average molecular weight is 302 g/mol. The van der Waals surface area contributed by atoms with Gasteiger partial charge in [-0.1, -0.05) is 0 Å². The van der Waals surface area contributed by atoms with Gasteiger partial charge in [0, 0.05) is 6.20 Å². The molecule has 0 saturated carbocycles. The zero-order chi connectivity index (χ0) is 16.4. The molecule has 0 aliphatic carbocycles. The maximum absolute atomic E-state index is 13.0. The number of alkyl halides is 2. The Bertz CT molecular complexity index is 556. The number of rotatable bonds is 2. The summed E-state index contributed by atoms with van der Waals surface area (Å²) in [4.78, 5) is 26.9. The molecule has 6 nitrogen and oxygen atoms in total. The second kappa shape index (κ2) is 6.02. The minimum atomic E-state index is -3.02. The van der Waals surface area contributed by atoms with E-state index in [0.29, 0.717) is 0 Å². The minimum absolute atomic E-state index is 0.148. The number of carbonyl (C=O) groups excluding carboxylic acids is 1. The van der Waals surface area contributed by atoms with Gasteiger partial charge in [-0.3, -0.25) is 4.98 Å². The molecule has 0 saturated heterocycles. The van der Waals surface area contributed by atoms with E-state index in [9.17, 15) is 23.5 Å². The molecular formula is C13H16F2N2O4. The summed E-state index contributed by atoms with van der Waals surface area (Å²) in [6, 6.07) is 1.33. The lowest BCUT2D eigenvalue weighted by atomic mass is 10.1. The van der Waals surface area contributed by atoms with Crippen LogP contribution < -0.4 is 4.90 Å². The first-order valence-corrected chi connectivity index (χ1v) is 6.04. The van der Waals surface area contributed by atoms with Crippen LogP contribution in [0.4, 0.5) is 24.1 Å². The number of pyridine rings is 1. The minimum Gasteiger partial charge on any atom is -0.464 e. The third-order valence-corrected chi connectivity index (χ3v) is 2.35. The van der Waals surface area contributed by atoms with Crippen molar-refractivity contribution in [3.05, 3.63) is 23.5 Å². The molecule has 1 N–H and O–H groups in total. The molecule has 0 aromatic carbocycles. The number of ether oxygens (including phenoxy) is 1. The predicted octanol–water partition coefficient (Wildman–Crippen LogP) is 3.75. The number of aryl methyl sites for hydroxylation is 1. The van der Waals surface area contributed by atoms with Gasteiger partial charge in [0.05, 0.1) is 5.69 Å². The summed E-state index contributed by atoms with van der Waals surface area (Å²) in [5.41, 5.74) is -2.06. The molecule has 0 atom stereocenters. The largest absolute Gasteiger partial charge is 0.464 e. The molecule has 21 heavy (non-hydrogen) atoms. The number of carbonyl (C=O) groups is 2. The first-order chi connectivity index (χ1) is 9.54. The Morgan fingerprint density at radius 2 is 1.95 bits per heavy atom. The standard InChI is InChI=1S/C13H16F2N2O4/c1-7-5-6-16-8(10(14)15)9(7)17(11(18)19)12(20)21-13(2,3)4/h5-6,10H,1-4H3,(H,18,19). The van der Waals surface area contributed by atoms with Crippen molar-refractivity contribution in [2.45, 2.75) is 39.7 Å². The molecule has 0 aliphatic rings. The second-order valence-corrected chi connectivity index (χ2v) is 5.26. The van der Waals surface area contributed by atoms with Crippen LogP contribution in [-0.2, 0) is 4.74 Å². The SMILES string of the molecule is Cc1ccnc(C(F)F)c1N(C(=O)O)C(=O)OC(C)(C)C. The van der Waals surface area contributed by atoms with E-state index in [1.165, 1.54) is 33.8 Å². The number of carboxylic acid groups (broad SMARTS) is 1. The van der Waals surface area contributed by atoms with Crippen LogP contribution in [0.3, 0.4) is 0 Å². The van der Waals surface area contributed by atoms with Gasteiger partial charge in [-0.05, 0) is 39.3 Å². The van der Waals surface area contributed by atoms with Gasteiger partial charge in [-0.25, -0.2) is 18.4 Å². The van der Waals surface area contributed by atoms with Crippen molar-refractivity contribution < 1.29 is 28.2 Å². The number of amides is 2. The van der Waals surface area contributed by atoms with Gasteiger partial charge in [0.25, 0.3) is 6.43 Å². The van der Waals surface area contributed by atoms with Crippen LogP contribution in [0.25, 0.3) is 0 Å². The molecule has 1 rings (SSSR count). The highest BCUT2D eigenvalue weighted by atomic mass is 19.3. The molecule has 0 fully saturated rings. The Hall–Kier alpha value is -2.25. The lowest BCUT2D eigenvalue weighted by Gasteiger charge is -2.26. The Labute approximate surface area is 120 Å². The molecule has 2 amide bonds. The van der Waals surface area contributed by atoms with E-state index < -0.39 is 35.6 Å². The summed E-state index contributed by atoms with van der Waals surface area (Å²) in [6.45, 7) is 6.02. The Kier molecular flexibility index (Phi) is 4.82. The molecule has 1 aromatic heterocycles. The molecule has 8 heteroatoms. The molecule has 116 valence electrons. The van der Waals surface area contributed by atoms with E-state index in [1.807, 2.05) is 0 Å². The van der Waals surface area contributed by atoms with Crippen LogP contribution >= 0.6 is 0 Å². The summed E-state index contributed by atoms with van der Waals surface area (Å²) >= 11 is 0. The summed E-state index contributed by atoms with van der Waals surface area (Å²) in [7, 11) is 0. The lowest BCUT2D eigenvalue weighted by molar-refractivity contribution is 0.0580. The van der Waals surface area contributed by atoms with Crippen molar-refractivity contribution >= 4 is 17.9 Å². The fraction of sp³-hybridized carbons (Fsp3) is 0.462. The lowest BCUT2D eigenvalue weighted by Crippen LogP contribution is -2.41. The van der Waals surface area contributed by atoms with Crippen molar-refractivity contribution in [1.29, 1.82) is 0 Å². The highest BCUT2D eigenvalue weighted by Crippen LogP contribution is 2.32. The van der Waals surface area contributed by atoms with Crippen molar-refractivity contribution in [3.8, 4) is 0 Å². The van der Waals surface area contributed by atoms with E-state index in [2.05, 4.69) is 4.98 Å². The number of anilines is 1. The number of aromatic nitrogens is 1. The summed E-state index contributed by atoms with van der Waals surface area (Å²) in [5.74, 6) is 0. The predicted molar refractivity (Wildman–Crippen MR) is 70.7 cm³/mol. The monoisotopic (exact) mass is 302 g/mol. The Balaban J connectivity index is 3.37. The highest BCUT2D eigenvalue weighted by molar-refractivity contribution is 6.09. The van der Waals surface area contributed by atoms with Crippen molar-refractivity contribution in [2.24, 2.45) is 0 Å². The zero-order valence-electron chi connectivity index (χ0n) is 12.1. The van der Waals surface area contributed by atoms with E-state index in [1.54, 1.807) is 0 Å². The van der Waals surface area contributed by atoms with Gasteiger partial charge < -0.3 is 9.84 Å². The second-order valence-electron chi connectivity index (χ2n) is 5.26. The average Bonchev–Trinajstić information content (AvgIpc) is 2.28. The van der Waals surface area contributed by atoms with E-state index in [4.69, 9.17) is 4.74 Å². The van der Waals surface area contributed by atoms with E-state index in [-0.39, 0.29) is 10.5 Å². The molecule has 0 unspecified atom stereocenters. The fourth-order valence-corrected chi connectivity index (χ4v) is 1.59. The van der Waals surface area contributed by atoms with Crippen LogP contribution in [0.15, 0.2) is 12.3 Å². The fourth-order valence-electron chi connectivity index (χ4n) is 1.59. The molecular weight excluding hydrogens is 286 g/mol. The van der Waals surface area contributed by atoms with E-state index >= 15 is 0 Å². The van der Waals surface area contributed by atoms with Crippen LogP contribution in [0.5, 0.6) is 0 Å². The number of hydrogen-bond donors (Lipinski definition) is 1. The van der Waals surface area contributed by atoms with Gasteiger partial charge in [0.1, 0.15) is 11.3 Å². The molecule has 0 bridgehead atoms. The van der Waals surface area contributed by atoms with Crippen LogP contribution in [-0.4, -0.2) is 27.9 Å². The van der Waals surface area contributed by atoms with Crippen LogP contribution in [0.1, 0.15) is 38.5 Å². The van der Waals surface area contributed by atoms with Gasteiger partial charge >= 0.3 is 12.2 Å². The van der Waals surface area contributed by atoms with Crippen LogP contribution in [0, 0.1) is 6.92 Å². The third kappa shape index (κ3) is 4.11.